The van der Waals surface area contributed by atoms with Gasteiger partial charge in [-0.1, -0.05) is 52.1 Å². The minimum atomic E-state index is 0.653. The van der Waals surface area contributed by atoms with Crippen LogP contribution in [0.5, 0.6) is 11.5 Å². The highest BCUT2D eigenvalue weighted by Crippen LogP contribution is 2.36. The molecule has 2 aromatic rings. The van der Waals surface area contributed by atoms with Crippen LogP contribution in [-0.4, -0.2) is 20.3 Å². The molecule has 0 unspecified atom stereocenters. The molecular formula is C19H22BrCl2NO2. The van der Waals surface area contributed by atoms with Gasteiger partial charge in [0, 0.05) is 26.6 Å². The minimum absolute atomic E-state index is 0.653. The summed E-state index contributed by atoms with van der Waals surface area (Å²) in [6, 6.07) is 9.48. The largest absolute Gasteiger partial charge is 0.493 e. The minimum Gasteiger partial charge on any atom is -0.493 e. The van der Waals surface area contributed by atoms with E-state index in [9.17, 15) is 0 Å². The average Bonchev–Trinajstić information content (AvgIpc) is 2.59. The van der Waals surface area contributed by atoms with Crippen LogP contribution >= 0.6 is 39.1 Å². The maximum atomic E-state index is 6.22. The van der Waals surface area contributed by atoms with Crippen LogP contribution in [-0.2, 0) is 13.0 Å². The smallest absolute Gasteiger partial charge is 0.166 e. The van der Waals surface area contributed by atoms with Gasteiger partial charge < -0.3 is 14.8 Å². The lowest BCUT2D eigenvalue weighted by molar-refractivity contribution is 0.290. The number of benzene rings is 2. The number of methoxy groups -OCH3 is 1. The van der Waals surface area contributed by atoms with Crippen molar-refractivity contribution in [2.75, 3.05) is 20.3 Å². The summed E-state index contributed by atoms with van der Waals surface area (Å²) in [6.07, 6.45) is 1.76. The van der Waals surface area contributed by atoms with Crippen LogP contribution in [0.3, 0.4) is 0 Å². The molecule has 136 valence electrons. The van der Waals surface area contributed by atoms with E-state index in [0.29, 0.717) is 23.2 Å². The van der Waals surface area contributed by atoms with Crippen LogP contribution in [0, 0.1) is 0 Å². The summed E-state index contributed by atoms with van der Waals surface area (Å²) in [4.78, 5) is 0. The van der Waals surface area contributed by atoms with E-state index in [0.717, 1.165) is 46.5 Å². The lowest BCUT2D eigenvalue weighted by Gasteiger charge is -2.17. The molecule has 0 bridgehead atoms. The number of hydrogen-bond donors (Lipinski definition) is 1. The summed E-state index contributed by atoms with van der Waals surface area (Å²) in [5.41, 5.74) is 2.13. The summed E-state index contributed by atoms with van der Waals surface area (Å²) >= 11 is 15.8. The van der Waals surface area contributed by atoms with E-state index in [1.54, 1.807) is 13.2 Å². The SMILES string of the molecule is CCCOc1c(OC)ccc(Br)c1CNCCc1ccc(Cl)cc1Cl. The number of hydrogen-bond acceptors (Lipinski definition) is 3. The quantitative estimate of drug-likeness (QED) is 0.487. The zero-order valence-corrected chi connectivity index (χ0v) is 17.5. The fraction of sp³-hybridized carbons (Fsp3) is 0.368. The Morgan fingerprint density at radius 2 is 1.96 bits per heavy atom. The summed E-state index contributed by atoms with van der Waals surface area (Å²) in [5, 5.41) is 4.79. The van der Waals surface area contributed by atoms with Gasteiger partial charge in [-0.2, -0.15) is 0 Å². The van der Waals surface area contributed by atoms with E-state index >= 15 is 0 Å². The number of ether oxygens (including phenoxy) is 2. The highest BCUT2D eigenvalue weighted by atomic mass is 79.9. The molecule has 0 amide bonds. The summed E-state index contributed by atoms with van der Waals surface area (Å²) in [6.45, 7) is 4.19. The first-order chi connectivity index (χ1) is 12.1. The van der Waals surface area contributed by atoms with E-state index in [2.05, 4.69) is 28.2 Å². The molecule has 0 aliphatic heterocycles. The average molecular weight is 447 g/mol. The van der Waals surface area contributed by atoms with Crippen molar-refractivity contribution in [1.82, 2.24) is 5.32 Å². The molecule has 25 heavy (non-hydrogen) atoms. The molecule has 3 nitrogen and oxygen atoms in total. The monoisotopic (exact) mass is 445 g/mol. The van der Waals surface area contributed by atoms with Crippen molar-refractivity contribution in [2.45, 2.75) is 26.3 Å². The fourth-order valence-corrected chi connectivity index (χ4v) is 3.39. The predicted molar refractivity (Wildman–Crippen MR) is 108 cm³/mol. The molecule has 0 spiro atoms. The van der Waals surface area contributed by atoms with Gasteiger partial charge in [0.1, 0.15) is 0 Å². The Balaban J connectivity index is 2.01. The van der Waals surface area contributed by atoms with Gasteiger partial charge in [-0.15, -0.1) is 0 Å². The van der Waals surface area contributed by atoms with E-state index in [1.165, 1.54) is 0 Å². The lowest BCUT2D eigenvalue weighted by atomic mass is 10.1. The summed E-state index contributed by atoms with van der Waals surface area (Å²) in [7, 11) is 1.65. The van der Waals surface area contributed by atoms with Gasteiger partial charge >= 0.3 is 0 Å². The van der Waals surface area contributed by atoms with Crippen molar-refractivity contribution in [1.29, 1.82) is 0 Å². The molecule has 2 rings (SSSR count). The summed E-state index contributed by atoms with van der Waals surface area (Å²) < 4.78 is 12.3. The molecule has 0 radical (unpaired) electrons. The topological polar surface area (TPSA) is 30.5 Å². The molecule has 0 saturated carbocycles. The second-order valence-electron chi connectivity index (χ2n) is 5.57. The maximum absolute atomic E-state index is 6.22. The van der Waals surface area contributed by atoms with Gasteiger partial charge in [0.05, 0.1) is 13.7 Å². The fourth-order valence-electron chi connectivity index (χ4n) is 2.43. The lowest BCUT2D eigenvalue weighted by Crippen LogP contribution is -2.18. The number of halogens is 3. The first-order valence-corrected chi connectivity index (χ1v) is 9.74. The van der Waals surface area contributed by atoms with Crippen LogP contribution in [0.25, 0.3) is 0 Å². The van der Waals surface area contributed by atoms with Crippen LogP contribution in [0.4, 0.5) is 0 Å². The van der Waals surface area contributed by atoms with E-state index in [1.807, 2.05) is 24.3 Å². The zero-order chi connectivity index (χ0) is 18.2. The third-order valence-corrected chi connectivity index (χ3v) is 5.06. The molecule has 0 fully saturated rings. The normalized spacial score (nSPS) is 10.8. The Hall–Kier alpha value is -0.940. The molecular weight excluding hydrogens is 425 g/mol. The van der Waals surface area contributed by atoms with Crippen molar-refractivity contribution in [3.8, 4) is 11.5 Å². The molecule has 1 N–H and O–H groups in total. The third-order valence-electron chi connectivity index (χ3n) is 3.73. The Kier molecular flexibility index (Phi) is 8.37. The first-order valence-electron chi connectivity index (χ1n) is 8.19. The van der Waals surface area contributed by atoms with Gasteiger partial charge in [0.25, 0.3) is 0 Å². The van der Waals surface area contributed by atoms with Gasteiger partial charge in [-0.05, 0) is 49.2 Å². The van der Waals surface area contributed by atoms with Gasteiger partial charge in [-0.25, -0.2) is 0 Å². The van der Waals surface area contributed by atoms with Crippen LogP contribution in [0.1, 0.15) is 24.5 Å². The van der Waals surface area contributed by atoms with Crippen molar-refractivity contribution in [2.24, 2.45) is 0 Å². The van der Waals surface area contributed by atoms with E-state index in [4.69, 9.17) is 32.7 Å². The van der Waals surface area contributed by atoms with Crippen molar-refractivity contribution in [3.05, 3.63) is 56.0 Å². The molecule has 0 aliphatic carbocycles. The van der Waals surface area contributed by atoms with Crippen LogP contribution in [0.15, 0.2) is 34.8 Å². The van der Waals surface area contributed by atoms with Gasteiger partial charge in [0.2, 0.25) is 0 Å². The molecule has 0 heterocycles. The van der Waals surface area contributed by atoms with E-state index in [-0.39, 0.29) is 0 Å². The first kappa shape index (κ1) is 20.4. The van der Waals surface area contributed by atoms with Crippen molar-refractivity contribution >= 4 is 39.1 Å². The molecule has 0 atom stereocenters. The number of rotatable bonds is 9. The zero-order valence-electron chi connectivity index (χ0n) is 14.4. The van der Waals surface area contributed by atoms with Gasteiger partial charge in [0.15, 0.2) is 11.5 Å². The molecule has 0 aliphatic rings. The van der Waals surface area contributed by atoms with Crippen LogP contribution < -0.4 is 14.8 Å². The van der Waals surface area contributed by atoms with Crippen molar-refractivity contribution in [3.63, 3.8) is 0 Å². The Bertz CT molecular complexity index is 710. The Morgan fingerprint density at radius 1 is 1.16 bits per heavy atom. The molecule has 0 aromatic heterocycles. The molecule has 2 aromatic carbocycles. The van der Waals surface area contributed by atoms with E-state index < -0.39 is 0 Å². The Morgan fingerprint density at radius 3 is 2.64 bits per heavy atom. The second-order valence-corrected chi connectivity index (χ2v) is 7.27. The standard InChI is InChI=1S/C19H22BrCl2NO2/c1-3-10-25-19-15(16(20)6-7-18(19)24-2)12-23-9-8-13-4-5-14(21)11-17(13)22/h4-7,11,23H,3,8-10,12H2,1-2H3. The van der Waals surface area contributed by atoms with Gasteiger partial charge in [-0.3, -0.25) is 0 Å². The predicted octanol–water partition coefficient (Wildman–Crippen LogP) is 5.89. The summed E-state index contributed by atoms with van der Waals surface area (Å²) in [5.74, 6) is 1.53. The van der Waals surface area contributed by atoms with Crippen molar-refractivity contribution < 1.29 is 9.47 Å². The third kappa shape index (κ3) is 5.78. The molecule has 0 saturated heterocycles. The highest BCUT2D eigenvalue weighted by Gasteiger charge is 2.14. The highest BCUT2D eigenvalue weighted by molar-refractivity contribution is 9.10. The maximum Gasteiger partial charge on any atom is 0.166 e. The number of nitrogens with one attached hydrogen (secondary N) is 1. The van der Waals surface area contributed by atoms with Crippen LogP contribution in [0.2, 0.25) is 10.0 Å². The second kappa shape index (κ2) is 10.3. The molecule has 6 heteroatoms. The Labute approximate surface area is 167 Å².